The van der Waals surface area contributed by atoms with E-state index in [2.05, 4.69) is 38.0 Å². The highest BCUT2D eigenvalue weighted by Gasteiger charge is 2.08. The first-order valence-corrected chi connectivity index (χ1v) is 5.10. The third-order valence-corrected chi connectivity index (χ3v) is 2.83. The van der Waals surface area contributed by atoms with Gasteiger partial charge in [0, 0.05) is 5.69 Å². The van der Waals surface area contributed by atoms with E-state index in [1.807, 2.05) is 6.07 Å². The molecule has 0 saturated heterocycles. The lowest BCUT2D eigenvalue weighted by atomic mass is 10.2. The van der Waals surface area contributed by atoms with Gasteiger partial charge in [-0.3, -0.25) is 0 Å². The van der Waals surface area contributed by atoms with E-state index >= 15 is 0 Å². The highest BCUT2D eigenvalue weighted by molar-refractivity contribution is 9.10. The molecule has 2 aromatic heterocycles. The third-order valence-electron chi connectivity index (χ3n) is 1.98. The van der Waals surface area contributed by atoms with Gasteiger partial charge in [-0.1, -0.05) is 13.3 Å². The van der Waals surface area contributed by atoms with E-state index in [1.54, 1.807) is 6.20 Å². The van der Waals surface area contributed by atoms with Crippen molar-refractivity contribution in [3.05, 3.63) is 22.4 Å². The molecule has 2 heterocycles. The molecule has 2 rings (SSSR count). The van der Waals surface area contributed by atoms with Crippen LogP contribution in [0.3, 0.4) is 0 Å². The van der Waals surface area contributed by atoms with Crippen molar-refractivity contribution in [1.29, 1.82) is 0 Å². The number of aryl methyl sites for hydroxylation is 1. The number of nitrogens with one attached hydrogen (secondary N) is 1. The van der Waals surface area contributed by atoms with Crippen LogP contribution in [0.4, 0.5) is 0 Å². The number of aromatic nitrogens is 3. The largest absolute Gasteiger partial charge is 0.356 e. The Morgan fingerprint density at radius 1 is 1.54 bits per heavy atom. The van der Waals surface area contributed by atoms with Crippen LogP contribution in [-0.4, -0.2) is 15.2 Å². The Bertz CT molecular complexity index is 422. The lowest BCUT2D eigenvalue weighted by molar-refractivity contribution is 0.891. The summed E-state index contributed by atoms with van der Waals surface area (Å²) in [5.74, 6) is 0. The van der Waals surface area contributed by atoms with E-state index in [4.69, 9.17) is 0 Å². The molecular weight excluding hydrogens is 230 g/mol. The molecule has 0 fully saturated rings. The predicted molar refractivity (Wildman–Crippen MR) is 55.6 cm³/mol. The van der Waals surface area contributed by atoms with Crippen LogP contribution < -0.4 is 0 Å². The summed E-state index contributed by atoms with van der Waals surface area (Å²) in [5, 5.41) is 7.90. The van der Waals surface area contributed by atoms with Crippen LogP contribution in [0.25, 0.3) is 11.0 Å². The molecule has 0 aliphatic rings. The van der Waals surface area contributed by atoms with Gasteiger partial charge in [-0.05, 0) is 28.4 Å². The number of hydrogen-bond donors (Lipinski definition) is 1. The number of H-pyrrole nitrogens is 1. The Morgan fingerprint density at radius 3 is 3.08 bits per heavy atom. The van der Waals surface area contributed by atoms with Crippen molar-refractivity contribution in [2.24, 2.45) is 0 Å². The minimum atomic E-state index is 0.922. The van der Waals surface area contributed by atoms with Crippen LogP contribution in [0.2, 0.25) is 0 Å². The van der Waals surface area contributed by atoms with Gasteiger partial charge in [-0.25, -0.2) is 0 Å². The van der Waals surface area contributed by atoms with Crippen molar-refractivity contribution in [2.75, 3.05) is 0 Å². The van der Waals surface area contributed by atoms with E-state index < -0.39 is 0 Å². The minimum absolute atomic E-state index is 0.922. The average Bonchev–Trinajstić information content (AvgIpc) is 2.46. The minimum Gasteiger partial charge on any atom is -0.356 e. The van der Waals surface area contributed by atoms with Gasteiger partial charge in [0.25, 0.3) is 0 Å². The van der Waals surface area contributed by atoms with E-state index in [9.17, 15) is 0 Å². The van der Waals surface area contributed by atoms with Gasteiger partial charge in [-0.2, -0.15) is 5.10 Å². The molecule has 2 aromatic rings. The highest BCUT2D eigenvalue weighted by atomic mass is 79.9. The normalized spacial score (nSPS) is 10.9. The molecule has 13 heavy (non-hydrogen) atoms. The standard InChI is InChI=1S/C9H10BrN3/c1-2-3-6-8(10)9-7(12-6)4-5-11-13-9/h4-5,12H,2-3H2,1H3. The van der Waals surface area contributed by atoms with Gasteiger partial charge in [-0.15, -0.1) is 5.10 Å². The van der Waals surface area contributed by atoms with E-state index in [0.29, 0.717) is 0 Å². The first-order valence-electron chi connectivity index (χ1n) is 4.30. The van der Waals surface area contributed by atoms with E-state index in [1.165, 1.54) is 5.69 Å². The zero-order valence-electron chi connectivity index (χ0n) is 7.34. The number of nitrogens with zero attached hydrogens (tertiary/aromatic N) is 2. The van der Waals surface area contributed by atoms with Gasteiger partial charge >= 0.3 is 0 Å². The molecule has 0 saturated carbocycles. The average molecular weight is 240 g/mol. The second kappa shape index (κ2) is 3.46. The Hall–Kier alpha value is -0.900. The van der Waals surface area contributed by atoms with Gasteiger partial charge in [0.2, 0.25) is 0 Å². The Kier molecular flexibility index (Phi) is 2.31. The van der Waals surface area contributed by atoms with Gasteiger partial charge < -0.3 is 4.98 Å². The van der Waals surface area contributed by atoms with Crippen molar-refractivity contribution in [2.45, 2.75) is 19.8 Å². The van der Waals surface area contributed by atoms with Crippen LogP contribution in [0.1, 0.15) is 19.0 Å². The van der Waals surface area contributed by atoms with Gasteiger partial charge in [0.05, 0.1) is 16.2 Å². The second-order valence-electron chi connectivity index (χ2n) is 2.96. The first-order chi connectivity index (χ1) is 6.33. The first kappa shape index (κ1) is 8.69. The number of rotatable bonds is 2. The maximum Gasteiger partial charge on any atom is 0.125 e. The SMILES string of the molecule is CCCc1[nH]c2ccnnc2c1Br. The predicted octanol–water partition coefficient (Wildman–Crippen LogP) is 2.67. The summed E-state index contributed by atoms with van der Waals surface area (Å²) in [6.45, 7) is 2.16. The molecule has 3 nitrogen and oxygen atoms in total. The van der Waals surface area contributed by atoms with Crippen molar-refractivity contribution < 1.29 is 0 Å². The van der Waals surface area contributed by atoms with Crippen molar-refractivity contribution >= 4 is 27.0 Å². The summed E-state index contributed by atoms with van der Waals surface area (Å²) in [6.07, 6.45) is 3.86. The molecule has 0 bridgehead atoms. The molecular formula is C9H10BrN3. The lowest BCUT2D eigenvalue weighted by Crippen LogP contribution is -1.82. The smallest absolute Gasteiger partial charge is 0.125 e. The highest BCUT2D eigenvalue weighted by Crippen LogP contribution is 2.25. The molecule has 4 heteroatoms. The zero-order valence-corrected chi connectivity index (χ0v) is 8.93. The zero-order chi connectivity index (χ0) is 9.26. The van der Waals surface area contributed by atoms with Crippen molar-refractivity contribution in [1.82, 2.24) is 15.2 Å². The van der Waals surface area contributed by atoms with E-state index in [-0.39, 0.29) is 0 Å². The second-order valence-corrected chi connectivity index (χ2v) is 3.75. The molecule has 0 atom stereocenters. The summed E-state index contributed by atoms with van der Waals surface area (Å²) in [6, 6.07) is 1.94. The lowest BCUT2D eigenvalue weighted by Gasteiger charge is -1.92. The van der Waals surface area contributed by atoms with Crippen LogP contribution in [0, 0.1) is 0 Å². The molecule has 0 radical (unpaired) electrons. The molecule has 68 valence electrons. The quantitative estimate of drug-likeness (QED) is 0.876. The molecule has 0 amide bonds. The number of aromatic amines is 1. The third kappa shape index (κ3) is 1.46. The van der Waals surface area contributed by atoms with Crippen LogP contribution >= 0.6 is 15.9 Å². The maximum atomic E-state index is 4.06. The number of hydrogen-bond acceptors (Lipinski definition) is 2. The summed E-state index contributed by atoms with van der Waals surface area (Å²) in [5.41, 5.74) is 3.18. The summed E-state index contributed by atoms with van der Waals surface area (Å²) >= 11 is 3.52. The Labute approximate surface area is 84.7 Å². The summed E-state index contributed by atoms with van der Waals surface area (Å²) < 4.78 is 1.05. The summed E-state index contributed by atoms with van der Waals surface area (Å²) in [7, 11) is 0. The monoisotopic (exact) mass is 239 g/mol. The van der Waals surface area contributed by atoms with Crippen LogP contribution in [0.15, 0.2) is 16.7 Å². The summed E-state index contributed by atoms with van der Waals surface area (Å²) in [4.78, 5) is 3.32. The molecule has 0 spiro atoms. The van der Waals surface area contributed by atoms with E-state index in [0.717, 1.165) is 28.3 Å². The number of fused-ring (bicyclic) bond motifs is 1. The fourth-order valence-corrected chi connectivity index (χ4v) is 1.97. The van der Waals surface area contributed by atoms with Crippen molar-refractivity contribution in [3.8, 4) is 0 Å². The van der Waals surface area contributed by atoms with Crippen LogP contribution in [-0.2, 0) is 6.42 Å². The van der Waals surface area contributed by atoms with Crippen molar-refractivity contribution in [3.63, 3.8) is 0 Å². The van der Waals surface area contributed by atoms with Gasteiger partial charge in [0.15, 0.2) is 0 Å². The molecule has 0 aliphatic heterocycles. The maximum absolute atomic E-state index is 4.06. The fraction of sp³-hybridized carbons (Fsp3) is 0.333. The molecule has 0 aromatic carbocycles. The van der Waals surface area contributed by atoms with Crippen LogP contribution in [0.5, 0.6) is 0 Å². The topological polar surface area (TPSA) is 41.6 Å². The Morgan fingerprint density at radius 2 is 2.38 bits per heavy atom. The Balaban J connectivity index is 2.60. The molecule has 1 N–H and O–H groups in total. The fourth-order valence-electron chi connectivity index (χ4n) is 1.38. The van der Waals surface area contributed by atoms with Gasteiger partial charge in [0.1, 0.15) is 5.52 Å². The molecule has 0 aliphatic carbocycles. The molecule has 0 unspecified atom stereocenters. The number of halogens is 1.